The fourth-order valence-corrected chi connectivity index (χ4v) is 4.73. The molecule has 2 aromatic rings. The van der Waals surface area contributed by atoms with Gasteiger partial charge in [0.15, 0.2) is 0 Å². The summed E-state index contributed by atoms with van der Waals surface area (Å²) in [7, 11) is -3.25. The van der Waals surface area contributed by atoms with Gasteiger partial charge in [-0.2, -0.15) is 0 Å². The summed E-state index contributed by atoms with van der Waals surface area (Å²) in [6.07, 6.45) is 3.16. The van der Waals surface area contributed by atoms with Crippen LogP contribution >= 0.6 is 0 Å². The standard InChI is InChI=1S/C21H26FNO2S/c1-14-13-17(22)9-5-15(14)8-12-19-20(21(19,2)3)16-6-10-18(11-7-16)23-26(4,24)25/h5-7,9-11,13,19-20,23H,8,12H2,1-4H3. The number of aryl methyl sites for hydroxylation is 2. The molecule has 26 heavy (non-hydrogen) atoms. The van der Waals surface area contributed by atoms with Crippen molar-refractivity contribution in [1.82, 2.24) is 0 Å². The van der Waals surface area contributed by atoms with Gasteiger partial charge in [0.05, 0.1) is 6.26 Å². The fourth-order valence-electron chi connectivity index (χ4n) is 4.17. The molecule has 0 radical (unpaired) electrons. The molecule has 2 aromatic carbocycles. The average molecular weight is 376 g/mol. The molecule has 1 fully saturated rings. The van der Waals surface area contributed by atoms with Crippen molar-refractivity contribution in [2.75, 3.05) is 11.0 Å². The molecule has 0 aromatic heterocycles. The molecular formula is C21H26FNO2S. The van der Waals surface area contributed by atoms with Crippen LogP contribution in [-0.4, -0.2) is 14.7 Å². The zero-order valence-corrected chi connectivity index (χ0v) is 16.5. The third kappa shape index (κ3) is 4.09. The molecule has 1 aliphatic carbocycles. The van der Waals surface area contributed by atoms with Gasteiger partial charge in [-0.15, -0.1) is 0 Å². The molecule has 3 rings (SSSR count). The predicted molar refractivity (Wildman–Crippen MR) is 104 cm³/mol. The SMILES string of the molecule is Cc1cc(F)ccc1CCC1C(c2ccc(NS(C)(=O)=O)cc2)C1(C)C. The highest BCUT2D eigenvalue weighted by molar-refractivity contribution is 7.92. The van der Waals surface area contributed by atoms with E-state index in [2.05, 4.69) is 18.6 Å². The molecule has 0 bridgehead atoms. The second-order valence-electron chi connectivity index (χ2n) is 8.01. The van der Waals surface area contributed by atoms with E-state index in [0.717, 1.165) is 24.7 Å². The summed E-state index contributed by atoms with van der Waals surface area (Å²) in [5.74, 6) is 0.856. The van der Waals surface area contributed by atoms with Crippen molar-refractivity contribution in [3.05, 3.63) is 65.0 Å². The van der Waals surface area contributed by atoms with Crippen LogP contribution in [0.2, 0.25) is 0 Å². The Labute approximate surface area is 155 Å². The van der Waals surface area contributed by atoms with Gasteiger partial charge in [0.2, 0.25) is 10.0 Å². The van der Waals surface area contributed by atoms with Crippen LogP contribution in [0.4, 0.5) is 10.1 Å². The van der Waals surface area contributed by atoms with Crippen LogP contribution in [0.15, 0.2) is 42.5 Å². The van der Waals surface area contributed by atoms with Crippen LogP contribution in [-0.2, 0) is 16.4 Å². The van der Waals surface area contributed by atoms with Gasteiger partial charge in [-0.3, -0.25) is 4.72 Å². The van der Waals surface area contributed by atoms with Gasteiger partial charge in [-0.25, -0.2) is 12.8 Å². The molecule has 1 saturated carbocycles. The van der Waals surface area contributed by atoms with Gasteiger partial charge >= 0.3 is 0 Å². The summed E-state index contributed by atoms with van der Waals surface area (Å²) in [5.41, 5.74) is 4.28. The topological polar surface area (TPSA) is 46.2 Å². The van der Waals surface area contributed by atoms with Crippen molar-refractivity contribution in [3.63, 3.8) is 0 Å². The molecular weight excluding hydrogens is 349 g/mol. The van der Waals surface area contributed by atoms with E-state index in [1.54, 1.807) is 6.07 Å². The molecule has 2 atom stereocenters. The first kappa shape index (κ1) is 18.9. The van der Waals surface area contributed by atoms with Crippen molar-refractivity contribution >= 4 is 15.7 Å². The number of rotatable bonds is 6. The van der Waals surface area contributed by atoms with Gasteiger partial charge in [-0.1, -0.05) is 32.0 Å². The highest BCUT2D eigenvalue weighted by Gasteiger charge is 2.57. The second-order valence-corrected chi connectivity index (χ2v) is 9.76. The molecule has 5 heteroatoms. The lowest BCUT2D eigenvalue weighted by atomic mass is 9.99. The Morgan fingerprint density at radius 3 is 2.35 bits per heavy atom. The minimum atomic E-state index is -3.25. The molecule has 3 nitrogen and oxygen atoms in total. The molecule has 1 N–H and O–H groups in total. The molecule has 0 aliphatic heterocycles. The smallest absolute Gasteiger partial charge is 0.229 e. The molecule has 0 saturated heterocycles. The van der Waals surface area contributed by atoms with Crippen LogP contribution in [0.3, 0.4) is 0 Å². The van der Waals surface area contributed by atoms with E-state index in [0.29, 0.717) is 17.5 Å². The Hall–Kier alpha value is -1.88. The molecule has 140 valence electrons. The normalized spacial score (nSPS) is 21.4. The summed E-state index contributed by atoms with van der Waals surface area (Å²) in [5, 5.41) is 0. The number of hydrogen-bond donors (Lipinski definition) is 1. The Balaban J connectivity index is 1.67. The lowest BCUT2D eigenvalue weighted by molar-refractivity contribution is 0.529. The number of hydrogen-bond acceptors (Lipinski definition) is 2. The summed E-state index contributed by atoms with van der Waals surface area (Å²) < 4.78 is 38.4. The largest absolute Gasteiger partial charge is 0.284 e. The van der Waals surface area contributed by atoms with E-state index >= 15 is 0 Å². The van der Waals surface area contributed by atoms with Crippen LogP contribution < -0.4 is 4.72 Å². The maximum atomic E-state index is 13.3. The highest BCUT2D eigenvalue weighted by atomic mass is 32.2. The Morgan fingerprint density at radius 1 is 1.12 bits per heavy atom. The van der Waals surface area contributed by atoms with Gasteiger partial charge in [0.25, 0.3) is 0 Å². The Morgan fingerprint density at radius 2 is 1.77 bits per heavy atom. The first-order valence-corrected chi connectivity index (χ1v) is 10.8. The van der Waals surface area contributed by atoms with E-state index in [9.17, 15) is 12.8 Å². The lowest BCUT2D eigenvalue weighted by Crippen LogP contribution is -2.09. The molecule has 0 spiro atoms. The van der Waals surface area contributed by atoms with E-state index < -0.39 is 10.0 Å². The van der Waals surface area contributed by atoms with Crippen molar-refractivity contribution in [2.45, 2.75) is 39.5 Å². The quantitative estimate of drug-likeness (QED) is 0.782. The monoisotopic (exact) mass is 375 g/mol. The minimum Gasteiger partial charge on any atom is -0.284 e. The van der Waals surface area contributed by atoms with Crippen LogP contribution in [0.5, 0.6) is 0 Å². The van der Waals surface area contributed by atoms with Crippen molar-refractivity contribution < 1.29 is 12.8 Å². The number of benzene rings is 2. The van der Waals surface area contributed by atoms with Crippen molar-refractivity contribution in [2.24, 2.45) is 11.3 Å². The van der Waals surface area contributed by atoms with Gasteiger partial charge in [0.1, 0.15) is 5.82 Å². The third-order valence-corrected chi connectivity index (χ3v) is 6.26. The number of sulfonamides is 1. The fraction of sp³-hybridized carbons (Fsp3) is 0.429. The van der Waals surface area contributed by atoms with Crippen molar-refractivity contribution in [3.8, 4) is 0 Å². The van der Waals surface area contributed by atoms with Crippen LogP contribution in [0.1, 0.15) is 42.9 Å². The maximum Gasteiger partial charge on any atom is 0.229 e. The summed E-state index contributed by atoms with van der Waals surface area (Å²) in [6, 6.07) is 12.7. The maximum absolute atomic E-state index is 13.3. The zero-order chi connectivity index (χ0) is 19.1. The first-order chi connectivity index (χ1) is 12.1. The van der Waals surface area contributed by atoms with Gasteiger partial charge in [0, 0.05) is 5.69 Å². The number of anilines is 1. The van der Waals surface area contributed by atoms with E-state index in [1.807, 2.05) is 37.3 Å². The molecule has 0 amide bonds. The van der Waals surface area contributed by atoms with Gasteiger partial charge < -0.3 is 0 Å². The Kier molecular flexibility index (Phi) is 4.86. The highest BCUT2D eigenvalue weighted by Crippen LogP contribution is 2.66. The van der Waals surface area contributed by atoms with Crippen molar-refractivity contribution in [1.29, 1.82) is 0 Å². The first-order valence-electron chi connectivity index (χ1n) is 8.91. The number of nitrogens with one attached hydrogen (secondary N) is 1. The predicted octanol–water partition coefficient (Wildman–Crippen LogP) is 4.88. The summed E-state index contributed by atoms with van der Waals surface area (Å²) in [6.45, 7) is 6.52. The van der Waals surface area contributed by atoms with Gasteiger partial charge in [-0.05, 0) is 78.0 Å². The third-order valence-electron chi connectivity index (χ3n) is 5.65. The van der Waals surface area contributed by atoms with E-state index in [4.69, 9.17) is 0 Å². The Bertz CT molecular complexity index is 904. The lowest BCUT2D eigenvalue weighted by Gasteiger charge is -2.07. The van der Waals surface area contributed by atoms with Crippen LogP contribution in [0.25, 0.3) is 0 Å². The van der Waals surface area contributed by atoms with Crippen LogP contribution in [0, 0.1) is 24.1 Å². The average Bonchev–Trinajstić information content (AvgIpc) is 3.07. The van der Waals surface area contributed by atoms with E-state index in [-0.39, 0.29) is 11.2 Å². The molecule has 1 aliphatic rings. The zero-order valence-electron chi connectivity index (χ0n) is 15.7. The number of halogens is 1. The summed E-state index contributed by atoms with van der Waals surface area (Å²) >= 11 is 0. The minimum absolute atomic E-state index is 0.182. The summed E-state index contributed by atoms with van der Waals surface area (Å²) in [4.78, 5) is 0. The second kappa shape index (κ2) is 6.69. The molecule has 0 heterocycles. The van der Waals surface area contributed by atoms with E-state index in [1.165, 1.54) is 17.2 Å². The molecule has 2 unspecified atom stereocenters.